The number of rotatable bonds is 3. The Morgan fingerprint density at radius 1 is 1.22 bits per heavy atom. The van der Waals surface area contributed by atoms with Crippen molar-refractivity contribution in [3.63, 3.8) is 0 Å². The van der Waals surface area contributed by atoms with Crippen molar-refractivity contribution in [2.45, 2.75) is 39.0 Å². The van der Waals surface area contributed by atoms with Gasteiger partial charge in [-0.3, -0.25) is 0 Å². The predicted octanol–water partition coefficient (Wildman–Crippen LogP) is 3.66. The van der Waals surface area contributed by atoms with E-state index < -0.39 is 11.6 Å². The van der Waals surface area contributed by atoms with Gasteiger partial charge in [0.2, 0.25) is 0 Å². The van der Waals surface area contributed by atoms with Gasteiger partial charge in [0.25, 0.3) is 0 Å². The van der Waals surface area contributed by atoms with Crippen LogP contribution in [0.4, 0.5) is 8.78 Å². The standard InChI is InChI=1S/C15H21F2N/c1-11-4-6-15(10-18,7-5-11)9-12-2-3-13(16)14(17)8-12/h2-3,8,11H,4-7,9-10,18H2,1H3. The number of hydrogen-bond donors (Lipinski definition) is 1. The molecule has 0 saturated heterocycles. The highest BCUT2D eigenvalue weighted by Gasteiger charge is 2.33. The van der Waals surface area contributed by atoms with Gasteiger partial charge in [0.15, 0.2) is 11.6 Å². The maximum absolute atomic E-state index is 13.2. The van der Waals surface area contributed by atoms with Crippen LogP contribution in [0.2, 0.25) is 0 Å². The van der Waals surface area contributed by atoms with Crippen LogP contribution in [-0.4, -0.2) is 6.54 Å². The maximum Gasteiger partial charge on any atom is 0.159 e. The third-order valence-electron chi connectivity index (χ3n) is 4.33. The monoisotopic (exact) mass is 253 g/mol. The average Bonchev–Trinajstić information content (AvgIpc) is 2.37. The molecular weight excluding hydrogens is 232 g/mol. The molecule has 0 aromatic heterocycles. The van der Waals surface area contributed by atoms with E-state index in [1.54, 1.807) is 6.07 Å². The van der Waals surface area contributed by atoms with Crippen LogP contribution in [-0.2, 0) is 6.42 Å². The Kier molecular flexibility index (Phi) is 4.00. The van der Waals surface area contributed by atoms with Gasteiger partial charge in [-0.1, -0.05) is 25.8 Å². The molecule has 100 valence electrons. The molecule has 0 spiro atoms. The number of hydrogen-bond acceptors (Lipinski definition) is 1. The van der Waals surface area contributed by atoms with E-state index in [1.165, 1.54) is 25.0 Å². The van der Waals surface area contributed by atoms with Crippen molar-refractivity contribution >= 4 is 0 Å². The van der Waals surface area contributed by atoms with E-state index in [9.17, 15) is 8.78 Å². The van der Waals surface area contributed by atoms with Gasteiger partial charge in [-0.2, -0.15) is 0 Å². The smallest absolute Gasteiger partial charge is 0.159 e. The molecule has 3 heteroatoms. The Balaban J connectivity index is 2.12. The van der Waals surface area contributed by atoms with E-state index in [-0.39, 0.29) is 5.41 Å². The summed E-state index contributed by atoms with van der Waals surface area (Å²) in [6.07, 6.45) is 5.29. The Morgan fingerprint density at radius 3 is 2.44 bits per heavy atom. The van der Waals surface area contributed by atoms with Gasteiger partial charge in [0.1, 0.15) is 0 Å². The van der Waals surface area contributed by atoms with E-state index in [2.05, 4.69) is 6.92 Å². The Hall–Kier alpha value is -0.960. The summed E-state index contributed by atoms with van der Waals surface area (Å²) in [5.41, 5.74) is 6.87. The second kappa shape index (κ2) is 5.35. The van der Waals surface area contributed by atoms with Gasteiger partial charge in [0, 0.05) is 0 Å². The molecule has 0 atom stereocenters. The first kappa shape index (κ1) is 13.5. The summed E-state index contributed by atoms with van der Waals surface area (Å²) in [5.74, 6) is -0.781. The second-order valence-corrected chi connectivity index (χ2v) is 5.81. The maximum atomic E-state index is 13.2. The highest BCUT2D eigenvalue weighted by molar-refractivity contribution is 5.19. The fourth-order valence-corrected chi connectivity index (χ4v) is 2.91. The van der Waals surface area contributed by atoms with Crippen LogP contribution in [0.1, 0.15) is 38.2 Å². The van der Waals surface area contributed by atoms with Crippen LogP contribution in [0.5, 0.6) is 0 Å². The molecule has 0 heterocycles. The van der Waals surface area contributed by atoms with E-state index >= 15 is 0 Å². The average molecular weight is 253 g/mol. The molecule has 1 aromatic carbocycles. The van der Waals surface area contributed by atoms with E-state index in [1.807, 2.05) is 0 Å². The summed E-state index contributed by atoms with van der Waals surface area (Å²) in [6, 6.07) is 4.19. The van der Waals surface area contributed by atoms with E-state index in [0.29, 0.717) is 6.54 Å². The molecule has 1 aromatic rings. The lowest BCUT2D eigenvalue weighted by Gasteiger charge is -2.38. The molecular formula is C15H21F2N. The summed E-state index contributed by atoms with van der Waals surface area (Å²) in [7, 11) is 0. The molecule has 2 rings (SSSR count). The van der Waals surface area contributed by atoms with Crippen molar-refractivity contribution in [3.8, 4) is 0 Å². The summed E-state index contributed by atoms with van der Waals surface area (Å²) in [5, 5.41) is 0. The number of benzene rings is 1. The number of halogens is 2. The topological polar surface area (TPSA) is 26.0 Å². The van der Waals surface area contributed by atoms with Crippen molar-refractivity contribution in [3.05, 3.63) is 35.4 Å². The second-order valence-electron chi connectivity index (χ2n) is 5.81. The number of nitrogens with two attached hydrogens (primary N) is 1. The zero-order chi connectivity index (χ0) is 13.2. The SMILES string of the molecule is CC1CCC(CN)(Cc2ccc(F)c(F)c2)CC1. The molecule has 1 saturated carbocycles. The molecule has 1 fully saturated rings. The molecule has 2 N–H and O–H groups in total. The predicted molar refractivity (Wildman–Crippen MR) is 69.2 cm³/mol. The largest absolute Gasteiger partial charge is 0.330 e. The first-order valence-electron chi connectivity index (χ1n) is 6.69. The van der Waals surface area contributed by atoms with Crippen LogP contribution >= 0.6 is 0 Å². The van der Waals surface area contributed by atoms with Crippen molar-refractivity contribution in [1.82, 2.24) is 0 Å². The summed E-state index contributed by atoms with van der Waals surface area (Å²) >= 11 is 0. The molecule has 1 aliphatic carbocycles. The molecule has 1 nitrogen and oxygen atoms in total. The minimum atomic E-state index is -0.780. The third kappa shape index (κ3) is 2.89. The van der Waals surface area contributed by atoms with Crippen LogP contribution in [0, 0.1) is 23.0 Å². The zero-order valence-corrected chi connectivity index (χ0v) is 10.9. The van der Waals surface area contributed by atoms with Gasteiger partial charge in [-0.15, -0.1) is 0 Å². The summed E-state index contributed by atoms with van der Waals surface area (Å²) in [4.78, 5) is 0. The van der Waals surface area contributed by atoms with Gasteiger partial charge >= 0.3 is 0 Å². The fraction of sp³-hybridized carbons (Fsp3) is 0.600. The highest BCUT2D eigenvalue weighted by Crippen LogP contribution is 2.40. The highest BCUT2D eigenvalue weighted by atomic mass is 19.2. The van der Waals surface area contributed by atoms with E-state index in [4.69, 9.17) is 5.73 Å². The van der Waals surface area contributed by atoms with Crippen LogP contribution in [0.25, 0.3) is 0 Å². The lowest BCUT2D eigenvalue weighted by molar-refractivity contribution is 0.163. The first-order chi connectivity index (χ1) is 8.54. The Bertz CT molecular complexity index is 409. The molecule has 0 aliphatic heterocycles. The van der Waals surface area contributed by atoms with Gasteiger partial charge in [0.05, 0.1) is 0 Å². The third-order valence-corrected chi connectivity index (χ3v) is 4.33. The normalized spacial score (nSPS) is 28.3. The van der Waals surface area contributed by atoms with Crippen molar-refractivity contribution in [2.75, 3.05) is 6.54 Å². The minimum Gasteiger partial charge on any atom is -0.330 e. The van der Waals surface area contributed by atoms with Crippen molar-refractivity contribution < 1.29 is 8.78 Å². The molecule has 0 radical (unpaired) electrons. The first-order valence-corrected chi connectivity index (χ1v) is 6.69. The minimum absolute atomic E-state index is 0.0801. The van der Waals surface area contributed by atoms with Gasteiger partial charge in [-0.25, -0.2) is 8.78 Å². The van der Waals surface area contributed by atoms with Gasteiger partial charge in [-0.05, 0) is 54.8 Å². The van der Waals surface area contributed by atoms with Crippen molar-refractivity contribution in [2.24, 2.45) is 17.1 Å². The lowest BCUT2D eigenvalue weighted by atomic mass is 9.68. The van der Waals surface area contributed by atoms with Gasteiger partial charge < -0.3 is 5.73 Å². The lowest BCUT2D eigenvalue weighted by Crippen LogP contribution is -2.36. The molecule has 18 heavy (non-hydrogen) atoms. The fourth-order valence-electron chi connectivity index (χ4n) is 2.91. The molecule has 0 unspecified atom stereocenters. The summed E-state index contributed by atoms with van der Waals surface area (Å²) < 4.78 is 26.1. The summed E-state index contributed by atoms with van der Waals surface area (Å²) in [6.45, 7) is 2.89. The molecule has 0 bridgehead atoms. The zero-order valence-electron chi connectivity index (χ0n) is 10.9. The van der Waals surface area contributed by atoms with Crippen LogP contribution < -0.4 is 5.73 Å². The van der Waals surface area contributed by atoms with Crippen LogP contribution in [0.15, 0.2) is 18.2 Å². The quantitative estimate of drug-likeness (QED) is 0.874. The van der Waals surface area contributed by atoms with Crippen LogP contribution in [0.3, 0.4) is 0 Å². The Labute approximate surface area is 107 Å². The Morgan fingerprint density at radius 2 is 1.89 bits per heavy atom. The molecule has 1 aliphatic rings. The molecule has 0 amide bonds. The van der Waals surface area contributed by atoms with Crippen molar-refractivity contribution in [1.29, 1.82) is 0 Å². The van der Waals surface area contributed by atoms with E-state index in [0.717, 1.165) is 30.7 Å².